The number of aromatic nitrogens is 1. The molecule has 5 nitrogen and oxygen atoms in total. The van der Waals surface area contributed by atoms with Gasteiger partial charge in [0.25, 0.3) is 11.8 Å². The maximum absolute atomic E-state index is 12.3. The SMILES string of the molecule is Cc1ccc(C(=O)NCC(F)(F)F)cc1NC(=O)c1cc(Cl)nc(Cl)c1. The predicted octanol–water partition coefficient (Wildman–Crippen LogP) is 4.24. The van der Waals surface area contributed by atoms with Gasteiger partial charge in [0.15, 0.2) is 0 Å². The number of halogens is 5. The minimum Gasteiger partial charge on any atom is -0.343 e. The van der Waals surface area contributed by atoms with Crippen molar-refractivity contribution in [3.63, 3.8) is 0 Å². The van der Waals surface area contributed by atoms with E-state index in [0.717, 1.165) is 0 Å². The van der Waals surface area contributed by atoms with Crippen LogP contribution in [0, 0.1) is 6.92 Å². The van der Waals surface area contributed by atoms with Crippen LogP contribution in [-0.2, 0) is 0 Å². The van der Waals surface area contributed by atoms with E-state index < -0.39 is 24.5 Å². The number of carbonyl (C=O) groups excluding carboxylic acids is 2. The summed E-state index contributed by atoms with van der Waals surface area (Å²) < 4.78 is 36.6. The van der Waals surface area contributed by atoms with Gasteiger partial charge < -0.3 is 10.6 Å². The van der Waals surface area contributed by atoms with Crippen LogP contribution in [0.15, 0.2) is 30.3 Å². The van der Waals surface area contributed by atoms with Gasteiger partial charge in [0.1, 0.15) is 16.9 Å². The molecular weight excluding hydrogens is 394 g/mol. The van der Waals surface area contributed by atoms with Gasteiger partial charge in [-0.15, -0.1) is 0 Å². The van der Waals surface area contributed by atoms with Crippen LogP contribution in [0.25, 0.3) is 0 Å². The summed E-state index contributed by atoms with van der Waals surface area (Å²) >= 11 is 11.5. The fourth-order valence-corrected chi connectivity index (χ4v) is 2.43. The van der Waals surface area contributed by atoms with Gasteiger partial charge in [0.2, 0.25) is 0 Å². The van der Waals surface area contributed by atoms with Gasteiger partial charge in [-0.1, -0.05) is 29.3 Å². The minimum absolute atomic E-state index is 0.0269. The third-order valence-corrected chi connectivity index (χ3v) is 3.61. The van der Waals surface area contributed by atoms with Gasteiger partial charge in [-0.2, -0.15) is 13.2 Å². The molecule has 26 heavy (non-hydrogen) atoms. The van der Waals surface area contributed by atoms with E-state index in [9.17, 15) is 22.8 Å². The van der Waals surface area contributed by atoms with Crippen molar-refractivity contribution in [2.45, 2.75) is 13.1 Å². The summed E-state index contributed by atoms with van der Waals surface area (Å²) in [6.45, 7) is 0.217. The summed E-state index contributed by atoms with van der Waals surface area (Å²) in [7, 11) is 0. The summed E-state index contributed by atoms with van der Waals surface area (Å²) in [6.07, 6.45) is -4.52. The number of alkyl halides is 3. The molecule has 0 saturated heterocycles. The molecule has 1 aromatic heterocycles. The number of nitrogens with zero attached hydrogens (tertiary/aromatic N) is 1. The van der Waals surface area contributed by atoms with Gasteiger partial charge in [0.05, 0.1) is 0 Å². The lowest BCUT2D eigenvalue weighted by Crippen LogP contribution is -2.33. The van der Waals surface area contributed by atoms with E-state index in [0.29, 0.717) is 5.56 Å². The molecule has 0 bridgehead atoms. The van der Waals surface area contributed by atoms with E-state index in [1.54, 1.807) is 12.2 Å². The summed E-state index contributed by atoms with van der Waals surface area (Å²) in [5.74, 6) is -1.47. The number of hydrogen-bond donors (Lipinski definition) is 2. The fourth-order valence-electron chi connectivity index (χ4n) is 1.97. The topological polar surface area (TPSA) is 71.1 Å². The largest absolute Gasteiger partial charge is 0.405 e. The Morgan fingerprint density at radius 2 is 1.65 bits per heavy atom. The molecule has 2 N–H and O–H groups in total. The lowest BCUT2D eigenvalue weighted by Gasteiger charge is -2.12. The Hall–Kier alpha value is -2.32. The van der Waals surface area contributed by atoms with Gasteiger partial charge in [-0.25, -0.2) is 4.98 Å². The molecule has 2 aromatic rings. The van der Waals surface area contributed by atoms with Crippen molar-refractivity contribution in [2.24, 2.45) is 0 Å². The molecule has 1 heterocycles. The van der Waals surface area contributed by atoms with E-state index in [4.69, 9.17) is 23.2 Å². The molecule has 0 atom stereocenters. The maximum atomic E-state index is 12.3. The first kappa shape index (κ1) is 20.0. The molecule has 10 heteroatoms. The number of anilines is 1. The number of aryl methyl sites for hydroxylation is 1. The van der Waals surface area contributed by atoms with E-state index in [-0.39, 0.29) is 27.1 Å². The average Bonchev–Trinajstić information content (AvgIpc) is 2.53. The molecule has 0 aliphatic heterocycles. The van der Waals surface area contributed by atoms with E-state index in [1.165, 1.54) is 30.3 Å². The molecule has 0 fully saturated rings. The number of benzene rings is 1. The Morgan fingerprint density at radius 1 is 1.04 bits per heavy atom. The monoisotopic (exact) mass is 405 g/mol. The standard InChI is InChI=1S/C16H12Cl2F3N3O2/c1-8-2-3-9(14(25)22-7-16(19,20)21)4-11(8)23-15(26)10-5-12(17)24-13(18)6-10/h2-6H,7H2,1H3,(H,22,25)(H,23,26). The van der Waals surface area contributed by atoms with E-state index >= 15 is 0 Å². The second kappa shape index (κ2) is 7.92. The molecule has 0 saturated carbocycles. The first-order valence-electron chi connectivity index (χ1n) is 7.15. The van der Waals surface area contributed by atoms with Crippen LogP contribution in [0.3, 0.4) is 0 Å². The highest BCUT2D eigenvalue weighted by Gasteiger charge is 2.28. The van der Waals surface area contributed by atoms with Crippen molar-refractivity contribution >= 4 is 40.7 Å². The molecule has 0 spiro atoms. The highest BCUT2D eigenvalue weighted by atomic mass is 35.5. The van der Waals surface area contributed by atoms with Crippen molar-refractivity contribution in [2.75, 3.05) is 11.9 Å². The quantitative estimate of drug-likeness (QED) is 0.747. The van der Waals surface area contributed by atoms with Crippen LogP contribution in [-0.4, -0.2) is 29.5 Å². The second-order valence-corrected chi connectivity index (χ2v) is 6.06. The van der Waals surface area contributed by atoms with E-state index in [1.807, 2.05) is 0 Å². The number of pyridine rings is 1. The lowest BCUT2D eigenvalue weighted by atomic mass is 10.1. The van der Waals surface area contributed by atoms with Crippen molar-refractivity contribution in [3.05, 3.63) is 57.3 Å². The van der Waals surface area contributed by atoms with Gasteiger partial charge in [0, 0.05) is 16.8 Å². The van der Waals surface area contributed by atoms with Gasteiger partial charge in [-0.3, -0.25) is 9.59 Å². The van der Waals surface area contributed by atoms with Gasteiger partial charge in [-0.05, 0) is 36.8 Å². The molecule has 1 aromatic carbocycles. The molecule has 0 unspecified atom stereocenters. The first-order chi connectivity index (χ1) is 12.0. The Bertz CT molecular complexity index is 837. The maximum Gasteiger partial charge on any atom is 0.405 e. The van der Waals surface area contributed by atoms with Crippen molar-refractivity contribution in [1.29, 1.82) is 0 Å². The molecule has 2 rings (SSSR count). The Labute approximate surface area is 156 Å². The molecule has 0 radical (unpaired) electrons. The van der Waals surface area contributed by atoms with Crippen LogP contribution in [0.2, 0.25) is 10.3 Å². The average molecular weight is 406 g/mol. The Morgan fingerprint density at radius 3 is 2.23 bits per heavy atom. The highest BCUT2D eigenvalue weighted by Crippen LogP contribution is 2.20. The smallest absolute Gasteiger partial charge is 0.343 e. The zero-order valence-corrected chi connectivity index (χ0v) is 14.8. The molecule has 0 aliphatic carbocycles. The molecule has 0 aliphatic rings. The fraction of sp³-hybridized carbons (Fsp3) is 0.188. The number of nitrogens with one attached hydrogen (secondary N) is 2. The van der Waals surface area contributed by atoms with Crippen LogP contribution >= 0.6 is 23.2 Å². The predicted molar refractivity (Wildman–Crippen MR) is 91.8 cm³/mol. The normalized spacial score (nSPS) is 11.2. The summed E-state index contributed by atoms with van der Waals surface area (Å²) in [4.78, 5) is 27.9. The van der Waals surface area contributed by atoms with Crippen LogP contribution in [0.1, 0.15) is 26.3 Å². The minimum atomic E-state index is -4.52. The summed E-state index contributed by atoms with van der Waals surface area (Å²) in [5, 5.41) is 4.38. The number of rotatable bonds is 4. The van der Waals surface area contributed by atoms with Crippen LogP contribution in [0.5, 0.6) is 0 Å². The van der Waals surface area contributed by atoms with E-state index in [2.05, 4.69) is 10.3 Å². The van der Waals surface area contributed by atoms with Crippen LogP contribution < -0.4 is 10.6 Å². The third-order valence-electron chi connectivity index (χ3n) is 3.22. The Balaban J connectivity index is 2.19. The molecule has 2 amide bonds. The van der Waals surface area contributed by atoms with Crippen molar-refractivity contribution < 1.29 is 22.8 Å². The molecule has 138 valence electrons. The first-order valence-corrected chi connectivity index (χ1v) is 7.91. The summed E-state index contributed by atoms with van der Waals surface area (Å²) in [5.41, 5.74) is 0.984. The van der Waals surface area contributed by atoms with Crippen molar-refractivity contribution in [3.8, 4) is 0 Å². The zero-order valence-electron chi connectivity index (χ0n) is 13.2. The zero-order chi connectivity index (χ0) is 19.5. The third kappa shape index (κ3) is 5.60. The number of hydrogen-bond acceptors (Lipinski definition) is 3. The number of amides is 2. The highest BCUT2D eigenvalue weighted by molar-refractivity contribution is 6.33. The van der Waals surface area contributed by atoms with Gasteiger partial charge >= 0.3 is 6.18 Å². The lowest BCUT2D eigenvalue weighted by molar-refractivity contribution is -0.123. The van der Waals surface area contributed by atoms with Crippen LogP contribution in [0.4, 0.5) is 18.9 Å². The summed E-state index contributed by atoms with van der Waals surface area (Å²) in [6, 6.07) is 6.75. The molecular formula is C16H12Cl2F3N3O2. The van der Waals surface area contributed by atoms with Crippen molar-refractivity contribution in [1.82, 2.24) is 10.3 Å². The number of carbonyl (C=O) groups is 2. The Kier molecular flexibility index (Phi) is 6.09. The second-order valence-electron chi connectivity index (χ2n) is 5.28.